The number of benzene rings is 4. The minimum Gasteiger partial charge on any atom is -0.508 e. The Balaban J connectivity index is 0.00000329. The summed E-state index contributed by atoms with van der Waals surface area (Å²) in [6.07, 6.45) is 3.75. The van der Waals surface area contributed by atoms with Gasteiger partial charge in [-0.25, -0.2) is 14.4 Å². The first-order valence-corrected chi connectivity index (χ1v) is 14.2. The number of halogens is 2. The molecular formula is C34H31ClFN5O2. The molecule has 0 amide bonds. The van der Waals surface area contributed by atoms with Crippen LogP contribution in [0.25, 0.3) is 33.1 Å². The van der Waals surface area contributed by atoms with Gasteiger partial charge in [0.15, 0.2) is 0 Å². The number of H-pyrrole nitrogens is 1. The molecule has 1 aliphatic rings. The minimum atomic E-state index is -0.935. The van der Waals surface area contributed by atoms with Crippen LogP contribution in [-0.2, 0) is 0 Å². The van der Waals surface area contributed by atoms with E-state index in [1.807, 2.05) is 42.5 Å². The van der Waals surface area contributed by atoms with Crippen molar-refractivity contribution in [2.75, 3.05) is 20.1 Å². The second-order valence-corrected chi connectivity index (χ2v) is 11.1. The largest absolute Gasteiger partial charge is 0.508 e. The van der Waals surface area contributed by atoms with E-state index in [0.717, 1.165) is 42.6 Å². The lowest BCUT2D eigenvalue weighted by atomic mass is 9.88. The number of hydrogen-bond donors (Lipinski definition) is 2. The first-order chi connectivity index (χ1) is 20.4. The molecule has 7 rings (SSSR count). The molecule has 1 fully saturated rings. The summed E-state index contributed by atoms with van der Waals surface area (Å²) in [5.41, 5.74) is 5.16. The average Bonchev–Trinajstić information content (AvgIpc) is 3.44. The quantitative estimate of drug-likeness (QED) is 0.233. The lowest BCUT2D eigenvalue weighted by molar-refractivity contribution is 0.255. The van der Waals surface area contributed by atoms with Gasteiger partial charge in [0, 0.05) is 5.56 Å². The summed E-state index contributed by atoms with van der Waals surface area (Å²) in [4.78, 5) is 29.0. The number of imidazole rings is 1. The van der Waals surface area contributed by atoms with Gasteiger partial charge in [-0.3, -0.25) is 9.36 Å². The van der Waals surface area contributed by atoms with E-state index in [2.05, 4.69) is 46.2 Å². The number of nitrogens with zero attached hydrogens (tertiary/aromatic N) is 4. The van der Waals surface area contributed by atoms with Crippen LogP contribution in [0.15, 0.2) is 96.1 Å². The topological polar surface area (TPSA) is 87.0 Å². The van der Waals surface area contributed by atoms with Crippen LogP contribution in [0.2, 0.25) is 0 Å². The summed E-state index contributed by atoms with van der Waals surface area (Å²) in [6, 6.07) is 24.5. The second-order valence-electron chi connectivity index (χ2n) is 11.1. The number of aromatic amines is 1. The highest BCUT2D eigenvalue weighted by Crippen LogP contribution is 2.33. The molecule has 1 atom stereocenters. The summed E-state index contributed by atoms with van der Waals surface area (Å²) >= 11 is 0. The van der Waals surface area contributed by atoms with Gasteiger partial charge in [-0.1, -0.05) is 42.5 Å². The Bertz CT molecular complexity index is 1950. The van der Waals surface area contributed by atoms with Gasteiger partial charge in [-0.15, -0.1) is 12.4 Å². The third-order valence-corrected chi connectivity index (χ3v) is 8.45. The average molecular weight is 596 g/mol. The fourth-order valence-corrected chi connectivity index (χ4v) is 6.06. The van der Waals surface area contributed by atoms with Crippen molar-refractivity contribution in [1.82, 2.24) is 24.4 Å². The summed E-state index contributed by atoms with van der Waals surface area (Å²) in [5, 5.41) is 11.2. The first kappa shape index (κ1) is 28.6. The van der Waals surface area contributed by atoms with Gasteiger partial charge in [0.2, 0.25) is 0 Å². The van der Waals surface area contributed by atoms with Crippen molar-refractivity contribution >= 4 is 34.3 Å². The Morgan fingerprint density at radius 1 is 0.930 bits per heavy atom. The van der Waals surface area contributed by atoms with Crippen molar-refractivity contribution in [2.45, 2.75) is 24.8 Å². The van der Waals surface area contributed by atoms with Gasteiger partial charge in [0.05, 0.1) is 28.3 Å². The molecule has 7 nitrogen and oxygen atoms in total. The molecule has 1 saturated heterocycles. The monoisotopic (exact) mass is 595 g/mol. The number of para-hydroxylation sites is 2. The fourth-order valence-electron chi connectivity index (χ4n) is 6.06. The number of rotatable bonds is 5. The van der Waals surface area contributed by atoms with Gasteiger partial charge < -0.3 is 15.0 Å². The normalized spacial score (nSPS) is 15.0. The summed E-state index contributed by atoms with van der Waals surface area (Å²) in [5.74, 6) is 0.280. The molecule has 218 valence electrons. The molecule has 4 aromatic carbocycles. The molecule has 2 aromatic heterocycles. The smallest absolute Gasteiger partial charge is 0.262 e. The predicted molar refractivity (Wildman–Crippen MR) is 170 cm³/mol. The van der Waals surface area contributed by atoms with Gasteiger partial charge in [0.1, 0.15) is 23.4 Å². The maximum atomic E-state index is 14.5. The standard InChI is InChI=1S/C34H30FN5O2.ClH/c1-39-16-14-23(15-17-39)21-6-8-22(9-7-21)24-10-12-28-26(18-24)34(42)40(20-36-28)32(27-19-25(35)11-13-31(27)41)33-37-29-4-2-3-5-30(29)38-33;/h2-13,18-20,23,32,41H,14-17H2,1H3,(H,37,38);1H. The van der Waals surface area contributed by atoms with Gasteiger partial charge in [-0.05, 0) is 98.1 Å². The highest BCUT2D eigenvalue weighted by Gasteiger charge is 2.26. The van der Waals surface area contributed by atoms with Gasteiger partial charge >= 0.3 is 0 Å². The van der Waals surface area contributed by atoms with Crippen molar-refractivity contribution < 1.29 is 9.50 Å². The molecule has 0 bridgehead atoms. The SMILES string of the molecule is CN1CCC(c2ccc(-c3ccc4ncn(C(c5nc6ccccc6[nH]5)c5cc(F)ccc5O)c(=O)c4c3)cc2)CC1.Cl. The van der Waals surface area contributed by atoms with E-state index in [-0.39, 0.29) is 29.3 Å². The van der Waals surface area contributed by atoms with E-state index in [4.69, 9.17) is 4.98 Å². The Kier molecular flexibility index (Phi) is 7.73. The molecule has 43 heavy (non-hydrogen) atoms. The van der Waals surface area contributed by atoms with E-state index in [9.17, 15) is 14.3 Å². The number of aromatic nitrogens is 4. The molecule has 1 aliphatic heterocycles. The second kappa shape index (κ2) is 11.6. The molecule has 0 spiro atoms. The maximum Gasteiger partial charge on any atom is 0.262 e. The minimum absolute atomic E-state index is 0. The fraction of sp³-hybridized carbons (Fsp3) is 0.206. The van der Waals surface area contributed by atoms with E-state index < -0.39 is 11.9 Å². The van der Waals surface area contributed by atoms with Crippen molar-refractivity contribution in [1.29, 1.82) is 0 Å². The predicted octanol–water partition coefficient (Wildman–Crippen LogP) is 6.65. The van der Waals surface area contributed by atoms with Crippen molar-refractivity contribution in [2.24, 2.45) is 0 Å². The lowest BCUT2D eigenvalue weighted by Gasteiger charge is -2.29. The number of hydrogen-bond acceptors (Lipinski definition) is 5. The Hall–Kier alpha value is -4.53. The molecule has 6 aromatic rings. The highest BCUT2D eigenvalue weighted by molar-refractivity contribution is 5.85. The van der Waals surface area contributed by atoms with Crippen LogP contribution in [0.5, 0.6) is 5.75 Å². The number of phenols is 1. The zero-order chi connectivity index (χ0) is 28.8. The summed E-state index contributed by atoms with van der Waals surface area (Å²) in [7, 11) is 2.17. The van der Waals surface area contributed by atoms with E-state index in [1.165, 1.54) is 34.7 Å². The molecule has 0 saturated carbocycles. The Morgan fingerprint density at radius 3 is 2.44 bits per heavy atom. The van der Waals surface area contributed by atoms with Crippen molar-refractivity contribution in [3.63, 3.8) is 0 Å². The Morgan fingerprint density at radius 2 is 1.67 bits per heavy atom. The van der Waals surface area contributed by atoms with Crippen molar-refractivity contribution in [3.8, 4) is 16.9 Å². The number of aromatic hydroxyl groups is 1. The number of nitrogens with one attached hydrogen (secondary N) is 1. The lowest BCUT2D eigenvalue weighted by Crippen LogP contribution is -2.29. The van der Waals surface area contributed by atoms with Crippen LogP contribution in [0.1, 0.15) is 41.8 Å². The van der Waals surface area contributed by atoms with Crippen LogP contribution >= 0.6 is 12.4 Å². The summed E-state index contributed by atoms with van der Waals surface area (Å²) in [6.45, 7) is 2.22. The molecule has 2 N–H and O–H groups in total. The molecule has 9 heteroatoms. The first-order valence-electron chi connectivity index (χ1n) is 14.2. The third kappa shape index (κ3) is 5.40. The van der Waals surface area contributed by atoms with Crippen LogP contribution in [-0.4, -0.2) is 49.7 Å². The molecule has 0 radical (unpaired) electrons. The van der Waals surface area contributed by atoms with Crippen LogP contribution < -0.4 is 5.56 Å². The van der Waals surface area contributed by atoms with Crippen LogP contribution in [0, 0.1) is 5.82 Å². The highest BCUT2D eigenvalue weighted by atomic mass is 35.5. The van der Waals surface area contributed by atoms with Crippen molar-refractivity contribution in [3.05, 3.63) is 124 Å². The van der Waals surface area contributed by atoms with Crippen LogP contribution in [0.3, 0.4) is 0 Å². The van der Waals surface area contributed by atoms with Gasteiger partial charge in [0.25, 0.3) is 5.56 Å². The van der Waals surface area contributed by atoms with E-state index in [1.54, 1.807) is 0 Å². The molecule has 1 unspecified atom stereocenters. The van der Waals surface area contributed by atoms with E-state index in [0.29, 0.717) is 28.2 Å². The molecular weight excluding hydrogens is 565 g/mol. The number of phenolic OH excluding ortho intramolecular Hbond substituents is 1. The number of fused-ring (bicyclic) bond motifs is 2. The number of likely N-dealkylation sites (tertiary alicyclic amines) is 1. The zero-order valence-corrected chi connectivity index (χ0v) is 24.4. The maximum absolute atomic E-state index is 14.5. The molecule has 3 heterocycles. The number of piperidine rings is 1. The van der Waals surface area contributed by atoms with Gasteiger partial charge in [-0.2, -0.15) is 0 Å². The zero-order valence-electron chi connectivity index (χ0n) is 23.6. The van der Waals surface area contributed by atoms with E-state index >= 15 is 0 Å². The summed E-state index contributed by atoms with van der Waals surface area (Å²) < 4.78 is 15.9. The molecule has 0 aliphatic carbocycles. The Labute approximate surface area is 254 Å². The third-order valence-electron chi connectivity index (χ3n) is 8.45. The van der Waals surface area contributed by atoms with Crippen LogP contribution in [0.4, 0.5) is 4.39 Å².